The van der Waals surface area contributed by atoms with Crippen molar-refractivity contribution in [2.75, 3.05) is 6.54 Å². The Labute approximate surface area is 76.0 Å². The summed E-state index contributed by atoms with van der Waals surface area (Å²) < 4.78 is 0. The van der Waals surface area contributed by atoms with Crippen molar-refractivity contribution in [1.82, 2.24) is 10.3 Å². The lowest BCUT2D eigenvalue weighted by molar-refractivity contribution is 0.745. The van der Waals surface area contributed by atoms with E-state index in [1.807, 2.05) is 18.2 Å². The van der Waals surface area contributed by atoms with E-state index in [0.29, 0.717) is 18.2 Å². The third-order valence-corrected chi connectivity index (χ3v) is 1.49. The molecule has 0 aliphatic rings. The van der Waals surface area contributed by atoms with Crippen molar-refractivity contribution < 1.29 is 0 Å². The van der Waals surface area contributed by atoms with Crippen LogP contribution in [0.15, 0.2) is 18.2 Å². The molecule has 1 N–H and O–H groups in total. The molecule has 4 heteroatoms. The predicted molar refractivity (Wildman–Crippen MR) is 46.6 cm³/mol. The molecular weight excluding hydrogens is 174 g/mol. The van der Waals surface area contributed by atoms with E-state index in [1.165, 1.54) is 0 Å². The quantitative estimate of drug-likeness (QED) is 0.435. The first-order chi connectivity index (χ1) is 5.83. The molecule has 0 aromatic carbocycles. The van der Waals surface area contributed by atoms with Gasteiger partial charge < -0.3 is 0 Å². The van der Waals surface area contributed by atoms with Gasteiger partial charge in [0.25, 0.3) is 0 Å². The van der Waals surface area contributed by atoms with Gasteiger partial charge in [0.05, 0.1) is 18.3 Å². The number of nitriles is 1. The Kier molecular flexibility index (Phi) is 3.52. The van der Waals surface area contributed by atoms with E-state index >= 15 is 0 Å². The molecule has 0 atom stereocenters. The molecule has 12 heavy (non-hydrogen) atoms. The lowest BCUT2D eigenvalue weighted by atomic mass is 10.3. The summed E-state index contributed by atoms with van der Waals surface area (Å²) in [6, 6.07) is 7.39. The first kappa shape index (κ1) is 8.98. The average molecular weight is 182 g/mol. The Morgan fingerprint density at radius 2 is 2.42 bits per heavy atom. The zero-order valence-electron chi connectivity index (χ0n) is 6.42. The molecular formula is C8H8ClN3. The Hall–Kier alpha value is -1.11. The van der Waals surface area contributed by atoms with Gasteiger partial charge in [-0.05, 0) is 12.1 Å². The molecule has 0 saturated heterocycles. The van der Waals surface area contributed by atoms with Crippen molar-refractivity contribution in [3.05, 3.63) is 29.0 Å². The SMILES string of the molecule is N#CCNCc1cccc(Cl)n1. The highest BCUT2D eigenvalue weighted by atomic mass is 35.5. The van der Waals surface area contributed by atoms with Gasteiger partial charge in [-0.2, -0.15) is 5.26 Å². The Morgan fingerprint density at radius 1 is 1.58 bits per heavy atom. The van der Waals surface area contributed by atoms with Gasteiger partial charge in [0.1, 0.15) is 5.15 Å². The van der Waals surface area contributed by atoms with Crippen LogP contribution in [-0.4, -0.2) is 11.5 Å². The number of hydrogen-bond acceptors (Lipinski definition) is 3. The van der Waals surface area contributed by atoms with Gasteiger partial charge in [-0.1, -0.05) is 17.7 Å². The molecule has 0 unspecified atom stereocenters. The predicted octanol–water partition coefficient (Wildman–Crippen LogP) is 1.35. The second-order valence-corrected chi connectivity index (χ2v) is 2.60. The van der Waals surface area contributed by atoms with Crippen molar-refractivity contribution in [3.8, 4) is 6.07 Å². The zero-order chi connectivity index (χ0) is 8.81. The van der Waals surface area contributed by atoms with Crippen LogP contribution in [0.1, 0.15) is 5.69 Å². The van der Waals surface area contributed by atoms with Gasteiger partial charge in [-0.25, -0.2) is 4.98 Å². The summed E-state index contributed by atoms with van der Waals surface area (Å²) in [6.07, 6.45) is 0. The maximum absolute atomic E-state index is 8.24. The largest absolute Gasteiger partial charge is 0.299 e. The van der Waals surface area contributed by atoms with Crippen molar-refractivity contribution in [3.63, 3.8) is 0 Å². The number of rotatable bonds is 3. The molecule has 0 spiro atoms. The van der Waals surface area contributed by atoms with Crippen LogP contribution in [-0.2, 0) is 6.54 Å². The molecule has 1 aromatic rings. The number of nitrogens with one attached hydrogen (secondary N) is 1. The first-order valence-electron chi connectivity index (χ1n) is 3.52. The molecule has 0 bridgehead atoms. The normalized spacial score (nSPS) is 9.33. The minimum Gasteiger partial charge on any atom is -0.299 e. The Balaban J connectivity index is 2.48. The van der Waals surface area contributed by atoms with E-state index in [-0.39, 0.29) is 0 Å². The smallest absolute Gasteiger partial charge is 0.129 e. The van der Waals surface area contributed by atoms with Crippen LogP contribution >= 0.6 is 11.6 Å². The average Bonchev–Trinajstić information content (AvgIpc) is 2.05. The third kappa shape index (κ3) is 2.87. The summed E-state index contributed by atoms with van der Waals surface area (Å²) in [5, 5.41) is 11.6. The summed E-state index contributed by atoms with van der Waals surface area (Å²) in [4.78, 5) is 4.04. The van der Waals surface area contributed by atoms with Crippen LogP contribution in [0.2, 0.25) is 5.15 Å². The molecule has 62 valence electrons. The maximum Gasteiger partial charge on any atom is 0.129 e. The Bertz CT molecular complexity index is 293. The highest BCUT2D eigenvalue weighted by Gasteiger charge is 1.93. The molecule has 0 amide bonds. The molecule has 0 saturated carbocycles. The third-order valence-electron chi connectivity index (χ3n) is 1.28. The molecule has 0 aliphatic carbocycles. The standard InChI is InChI=1S/C8H8ClN3/c9-8-3-1-2-7(12-8)6-11-5-4-10/h1-3,11H,5-6H2. The van der Waals surface area contributed by atoms with Crippen LogP contribution in [0, 0.1) is 11.3 Å². The summed E-state index contributed by atoms with van der Waals surface area (Å²) in [5.74, 6) is 0. The van der Waals surface area contributed by atoms with Crippen molar-refractivity contribution in [2.45, 2.75) is 6.54 Å². The lowest BCUT2D eigenvalue weighted by Gasteiger charge is -1.99. The van der Waals surface area contributed by atoms with Crippen molar-refractivity contribution in [2.24, 2.45) is 0 Å². The van der Waals surface area contributed by atoms with E-state index < -0.39 is 0 Å². The molecule has 0 radical (unpaired) electrons. The minimum atomic E-state index is 0.328. The van der Waals surface area contributed by atoms with Crippen LogP contribution in [0.4, 0.5) is 0 Å². The summed E-state index contributed by atoms with van der Waals surface area (Å²) >= 11 is 5.65. The molecule has 0 fully saturated rings. The van der Waals surface area contributed by atoms with Gasteiger partial charge in [0.15, 0.2) is 0 Å². The Morgan fingerprint density at radius 3 is 3.08 bits per heavy atom. The number of aromatic nitrogens is 1. The van der Waals surface area contributed by atoms with Crippen molar-refractivity contribution in [1.29, 1.82) is 5.26 Å². The summed E-state index contributed by atoms with van der Waals surface area (Å²) in [6.45, 7) is 0.905. The van der Waals surface area contributed by atoms with E-state index in [2.05, 4.69) is 10.3 Å². The van der Waals surface area contributed by atoms with E-state index in [0.717, 1.165) is 5.69 Å². The fraction of sp³-hybridized carbons (Fsp3) is 0.250. The van der Waals surface area contributed by atoms with Gasteiger partial charge in [0, 0.05) is 6.54 Å². The molecule has 1 aromatic heterocycles. The monoisotopic (exact) mass is 181 g/mol. The zero-order valence-corrected chi connectivity index (χ0v) is 7.17. The fourth-order valence-electron chi connectivity index (χ4n) is 0.795. The second kappa shape index (κ2) is 4.70. The van der Waals surface area contributed by atoms with Gasteiger partial charge in [-0.15, -0.1) is 0 Å². The fourth-order valence-corrected chi connectivity index (χ4v) is 0.977. The van der Waals surface area contributed by atoms with Crippen molar-refractivity contribution >= 4 is 11.6 Å². The lowest BCUT2D eigenvalue weighted by Crippen LogP contribution is -2.13. The summed E-state index contributed by atoms with van der Waals surface area (Å²) in [7, 11) is 0. The molecule has 3 nitrogen and oxygen atoms in total. The molecule has 1 heterocycles. The van der Waals surface area contributed by atoms with Crippen LogP contribution in [0.3, 0.4) is 0 Å². The van der Waals surface area contributed by atoms with E-state index in [9.17, 15) is 0 Å². The van der Waals surface area contributed by atoms with Gasteiger partial charge in [0.2, 0.25) is 0 Å². The highest BCUT2D eigenvalue weighted by Crippen LogP contribution is 2.04. The second-order valence-electron chi connectivity index (χ2n) is 2.21. The number of nitrogens with zero attached hydrogens (tertiary/aromatic N) is 2. The number of pyridine rings is 1. The van der Waals surface area contributed by atoms with Gasteiger partial charge in [-0.3, -0.25) is 5.32 Å². The topological polar surface area (TPSA) is 48.7 Å². The highest BCUT2D eigenvalue weighted by molar-refractivity contribution is 6.29. The molecule has 1 rings (SSSR count). The van der Waals surface area contributed by atoms with Gasteiger partial charge >= 0.3 is 0 Å². The van der Waals surface area contributed by atoms with E-state index in [4.69, 9.17) is 16.9 Å². The maximum atomic E-state index is 8.24. The van der Waals surface area contributed by atoms with Crippen LogP contribution in [0.25, 0.3) is 0 Å². The summed E-state index contributed by atoms with van der Waals surface area (Å²) in [5.41, 5.74) is 0.845. The molecule has 0 aliphatic heterocycles. The van der Waals surface area contributed by atoms with Crippen LogP contribution < -0.4 is 5.32 Å². The number of hydrogen-bond donors (Lipinski definition) is 1. The first-order valence-corrected chi connectivity index (χ1v) is 3.90. The number of halogens is 1. The van der Waals surface area contributed by atoms with E-state index in [1.54, 1.807) is 6.07 Å². The van der Waals surface area contributed by atoms with Crippen LogP contribution in [0.5, 0.6) is 0 Å². The minimum absolute atomic E-state index is 0.328.